The van der Waals surface area contributed by atoms with Gasteiger partial charge < -0.3 is 25.7 Å². The number of nitrogen functional groups attached to an aromatic ring is 2. The number of carbonyl (C=O) groups is 1. The number of aromatic nitrogens is 4. The number of imidazole rings is 1. The second kappa shape index (κ2) is 8.63. The topological polar surface area (TPSA) is 196 Å². The smallest absolute Gasteiger partial charge is 0.362 e. The van der Waals surface area contributed by atoms with Gasteiger partial charge in [-0.05, 0) is 32.9 Å². The number of benzene rings is 1. The Morgan fingerprint density at radius 3 is 2.67 bits per heavy atom. The molecule has 5 rings (SSSR count). The lowest BCUT2D eigenvalue weighted by molar-refractivity contribution is -0.198. The number of aryl methyl sites for hydroxylation is 1. The largest absolute Gasteiger partial charge is 0.398 e. The van der Waals surface area contributed by atoms with E-state index < -0.39 is 53.1 Å². The molecule has 0 bridgehead atoms. The summed E-state index contributed by atoms with van der Waals surface area (Å²) in [7, 11) is -4.50. The molecule has 2 aliphatic rings. The Bertz CT molecular complexity index is 1440. The summed E-state index contributed by atoms with van der Waals surface area (Å²) in [6, 6.07) is 6.06. The van der Waals surface area contributed by atoms with Gasteiger partial charge in [0, 0.05) is 5.69 Å². The van der Waals surface area contributed by atoms with Crippen molar-refractivity contribution < 1.29 is 31.6 Å². The van der Waals surface area contributed by atoms with Crippen LogP contribution in [0.5, 0.6) is 0 Å². The van der Waals surface area contributed by atoms with Crippen molar-refractivity contribution in [2.24, 2.45) is 0 Å². The zero-order valence-corrected chi connectivity index (χ0v) is 20.4. The summed E-state index contributed by atoms with van der Waals surface area (Å²) < 4.78 is 51.7. The maximum atomic E-state index is 12.5. The van der Waals surface area contributed by atoms with E-state index in [2.05, 4.69) is 15.0 Å². The van der Waals surface area contributed by atoms with Crippen molar-refractivity contribution in [3.63, 3.8) is 0 Å². The molecular formula is C21H25N7O7S. The highest BCUT2D eigenvalue weighted by Crippen LogP contribution is 2.44. The third-order valence-electron chi connectivity index (χ3n) is 5.77. The van der Waals surface area contributed by atoms with E-state index in [0.29, 0.717) is 17.0 Å². The average molecular weight is 520 g/mol. The number of rotatable bonds is 6. The first kappa shape index (κ1) is 24.3. The lowest BCUT2D eigenvalue weighted by atomic mass is 10.1. The van der Waals surface area contributed by atoms with Crippen molar-refractivity contribution in [3.8, 4) is 0 Å². The summed E-state index contributed by atoms with van der Waals surface area (Å²) in [5.74, 6) is -1.22. The van der Waals surface area contributed by atoms with Gasteiger partial charge in [0.15, 0.2) is 23.5 Å². The van der Waals surface area contributed by atoms with E-state index in [1.807, 2.05) is 4.72 Å². The fourth-order valence-corrected chi connectivity index (χ4v) is 5.02. The van der Waals surface area contributed by atoms with E-state index in [9.17, 15) is 13.2 Å². The Morgan fingerprint density at radius 2 is 1.92 bits per heavy atom. The minimum absolute atomic E-state index is 0.000243. The van der Waals surface area contributed by atoms with Crippen LogP contribution in [0.1, 0.15) is 36.3 Å². The SMILES string of the molecule is Cc1nc(N)c2ncn([C@@H]3O[C@H](COS(=O)(=O)NC(=O)c4ccccc4N)[C@H]4OC(C)(C)O[C@H]43)c2n1. The number of amides is 1. The van der Waals surface area contributed by atoms with Crippen LogP contribution in [0.4, 0.5) is 11.5 Å². The van der Waals surface area contributed by atoms with Crippen molar-refractivity contribution in [1.29, 1.82) is 0 Å². The third-order valence-corrected chi connectivity index (χ3v) is 6.65. The Labute approximate surface area is 206 Å². The van der Waals surface area contributed by atoms with Gasteiger partial charge >= 0.3 is 10.3 Å². The molecule has 0 unspecified atom stereocenters. The summed E-state index contributed by atoms with van der Waals surface area (Å²) >= 11 is 0. The number of anilines is 2. The molecule has 4 heterocycles. The van der Waals surface area contributed by atoms with Crippen LogP contribution in [-0.4, -0.2) is 64.5 Å². The van der Waals surface area contributed by atoms with Crippen molar-refractivity contribution in [3.05, 3.63) is 42.0 Å². The first-order valence-electron chi connectivity index (χ1n) is 11.0. The standard InChI is InChI=1S/C21H25N7O7S/c1-10-25-17(23)14-18(26-10)28(9-24-14)20-16-15(34-21(2,3)35-16)13(33-20)8-32-36(30,31)27-19(29)11-6-4-5-7-12(11)22/h4-7,9,13,15-16,20H,8,22H2,1-3H3,(H,27,29)(H2,23,25,26)/t13-,15-,16-,20-/m1/s1. The molecule has 36 heavy (non-hydrogen) atoms. The second-order valence-electron chi connectivity index (χ2n) is 8.87. The Kier molecular flexibility index (Phi) is 5.83. The molecule has 1 aromatic carbocycles. The number of nitrogens with one attached hydrogen (secondary N) is 1. The molecule has 14 nitrogen and oxygen atoms in total. The number of fused-ring (bicyclic) bond motifs is 2. The zero-order valence-electron chi connectivity index (χ0n) is 19.6. The van der Waals surface area contributed by atoms with E-state index in [4.69, 9.17) is 29.9 Å². The summed E-state index contributed by atoms with van der Waals surface area (Å²) in [5, 5.41) is 0. The monoisotopic (exact) mass is 519 g/mol. The molecule has 3 aromatic rings. The van der Waals surface area contributed by atoms with E-state index in [0.717, 1.165) is 0 Å². The quantitative estimate of drug-likeness (QED) is 0.380. The first-order valence-corrected chi connectivity index (χ1v) is 12.4. The second-order valence-corrected chi connectivity index (χ2v) is 10.2. The number of nitrogens with zero attached hydrogens (tertiary/aromatic N) is 4. The molecule has 4 atom stereocenters. The van der Waals surface area contributed by atoms with Crippen molar-refractivity contribution in [1.82, 2.24) is 24.2 Å². The molecule has 2 saturated heterocycles. The first-order chi connectivity index (χ1) is 16.9. The molecule has 2 fully saturated rings. The summed E-state index contributed by atoms with van der Waals surface area (Å²) in [5.41, 5.74) is 12.7. The highest BCUT2D eigenvalue weighted by molar-refractivity contribution is 7.85. The van der Waals surface area contributed by atoms with Gasteiger partial charge in [-0.25, -0.2) is 19.7 Å². The number of hydrogen-bond acceptors (Lipinski definition) is 12. The summed E-state index contributed by atoms with van der Waals surface area (Å²) in [4.78, 5) is 25.2. The van der Waals surface area contributed by atoms with Crippen LogP contribution < -0.4 is 16.2 Å². The Hall–Kier alpha value is -3.37. The van der Waals surface area contributed by atoms with Gasteiger partial charge in [-0.2, -0.15) is 8.42 Å². The predicted octanol–water partition coefficient (Wildman–Crippen LogP) is 0.408. The summed E-state index contributed by atoms with van der Waals surface area (Å²) in [6.45, 7) is 4.71. The Balaban J connectivity index is 1.35. The molecule has 15 heteroatoms. The minimum Gasteiger partial charge on any atom is -0.398 e. The van der Waals surface area contributed by atoms with Crippen LogP contribution in [0.3, 0.4) is 0 Å². The number of nitrogens with two attached hydrogens (primary N) is 2. The molecule has 192 valence electrons. The molecule has 0 saturated carbocycles. The number of para-hydroxylation sites is 1. The molecule has 1 amide bonds. The average Bonchev–Trinajstić information content (AvgIpc) is 3.43. The Morgan fingerprint density at radius 1 is 1.19 bits per heavy atom. The van der Waals surface area contributed by atoms with Crippen molar-refractivity contribution >= 4 is 38.9 Å². The van der Waals surface area contributed by atoms with E-state index >= 15 is 0 Å². The maximum Gasteiger partial charge on any atom is 0.362 e. The lowest BCUT2D eigenvalue weighted by Gasteiger charge is -2.24. The van der Waals surface area contributed by atoms with Crippen LogP contribution in [0.15, 0.2) is 30.6 Å². The van der Waals surface area contributed by atoms with Crippen molar-refractivity contribution in [2.75, 3.05) is 18.1 Å². The van der Waals surface area contributed by atoms with Gasteiger partial charge in [-0.3, -0.25) is 13.5 Å². The molecule has 2 aromatic heterocycles. The number of carbonyl (C=O) groups excluding carboxylic acids is 1. The minimum atomic E-state index is -4.50. The molecule has 0 spiro atoms. The molecule has 2 aliphatic heterocycles. The van der Waals surface area contributed by atoms with E-state index in [1.165, 1.54) is 18.5 Å². The van der Waals surface area contributed by atoms with Gasteiger partial charge in [0.25, 0.3) is 5.91 Å². The normalized spacial score (nSPS) is 25.2. The highest BCUT2D eigenvalue weighted by Gasteiger charge is 2.56. The van der Waals surface area contributed by atoms with E-state index in [-0.39, 0.29) is 17.1 Å². The van der Waals surface area contributed by atoms with E-state index in [1.54, 1.807) is 37.5 Å². The van der Waals surface area contributed by atoms with Gasteiger partial charge in [-0.15, -0.1) is 0 Å². The van der Waals surface area contributed by atoms with Gasteiger partial charge in [0.05, 0.1) is 18.5 Å². The van der Waals surface area contributed by atoms with Crippen LogP contribution in [0, 0.1) is 6.92 Å². The fraction of sp³-hybridized carbons (Fsp3) is 0.429. The zero-order chi connectivity index (χ0) is 25.8. The van der Waals surface area contributed by atoms with Crippen molar-refractivity contribution in [2.45, 2.75) is 51.1 Å². The van der Waals surface area contributed by atoms with Crippen LogP contribution >= 0.6 is 0 Å². The van der Waals surface area contributed by atoms with Gasteiger partial charge in [-0.1, -0.05) is 12.1 Å². The summed E-state index contributed by atoms with van der Waals surface area (Å²) in [6.07, 6.45) is -1.46. The lowest BCUT2D eigenvalue weighted by Crippen LogP contribution is -2.37. The highest BCUT2D eigenvalue weighted by atomic mass is 32.2. The molecular weight excluding hydrogens is 494 g/mol. The van der Waals surface area contributed by atoms with Gasteiger partial charge in [0.2, 0.25) is 0 Å². The maximum absolute atomic E-state index is 12.5. The van der Waals surface area contributed by atoms with Crippen LogP contribution in [0.25, 0.3) is 11.2 Å². The van der Waals surface area contributed by atoms with Gasteiger partial charge in [0.1, 0.15) is 29.7 Å². The molecule has 5 N–H and O–H groups in total. The number of ether oxygens (including phenoxy) is 3. The van der Waals surface area contributed by atoms with Crippen LogP contribution in [0.2, 0.25) is 0 Å². The fourth-order valence-electron chi connectivity index (χ4n) is 4.31. The number of hydrogen-bond donors (Lipinski definition) is 3. The van der Waals surface area contributed by atoms with Crippen LogP contribution in [-0.2, 0) is 28.7 Å². The molecule has 0 radical (unpaired) electrons. The predicted molar refractivity (Wildman–Crippen MR) is 125 cm³/mol. The third kappa shape index (κ3) is 4.46. The molecule has 0 aliphatic carbocycles.